The zero-order valence-electron chi connectivity index (χ0n) is 10.7. The van der Waals surface area contributed by atoms with Crippen LogP contribution in [0.4, 0.5) is 0 Å². The minimum absolute atomic E-state index is 0.0502. The molecule has 0 radical (unpaired) electrons. The molecule has 4 heteroatoms. The minimum atomic E-state index is -0.353. The van der Waals surface area contributed by atoms with E-state index in [9.17, 15) is 5.11 Å². The molecule has 1 rings (SSSR count). The molecule has 1 atom stereocenters. The lowest BCUT2D eigenvalue weighted by Gasteiger charge is -2.22. The number of hydrogen-bond donors (Lipinski definition) is 2. The number of aryl methyl sites for hydroxylation is 1. The Balaban J connectivity index is 2.36. The first kappa shape index (κ1) is 13.2. The Kier molecular flexibility index (Phi) is 4.50. The predicted octanol–water partition coefficient (Wildman–Crippen LogP) is 1.19. The van der Waals surface area contributed by atoms with Gasteiger partial charge in [0.2, 0.25) is 0 Å². The van der Waals surface area contributed by atoms with Crippen molar-refractivity contribution in [2.45, 2.75) is 52.3 Å². The van der Waals surface area contributed by atoms with Crippen molar-refractivity contribution in [2.24, 2.45) is 0 Å². The number of aliphatic hydroxyl groups excluding tert-OH is 1. The van der Waals surface area contributed by atoms with Gasteiger partial charge >= 0.3 is 0 Å². The van der Waals surface area contributed by atoms with Gasteiger partial charge in [-0.1, -0.05) is 0 Å². The molecule has 0 aromatic carbocycles. The molecular weight excluding hydrogens is 202 g/mol. The van der Waals surface area contributed by atoms with Gasteiger partial charge in [-0.15, -0.1) is 0 Å². The van der Waals surface area contributed by atoms with E-state index in [0.29, 0.717) is 13.0 Å². The van der Waals surface area contributed by atoms with Crippen LogP contribution in [-0.4, -0.2) is 33.1 Å². The molecule has 1 heterocycles. The summed E-state index contributed by atoms with van der Waals surface area (Å²) in [7, 11) is 0. The van der Waals surface area contributed by atoms with E-state index < -0.39 is 0 Å². The zero-order chi connectivity index (χ0) is 12.2. The summed E-state index contributed by atoms with van der Waals surface area (Å²) in [5, 5.41) is 17.3. The predicted molar refractivity (Wildman–Crippen MR) is 65.4 cm³/mol. The molecule has 1 unspecified atom stereocenters. The summed E-state index contributed by atoms with van der Waals surface area (Å²) in [6.45, 7) is 9.81. The number of rotatable bonds is 5. The van der Waals surface area contributed by atoms with Crippen LogP contribution in [0.1, 0.15) is 33.3 Å². The number of nitrogens with one attached hydrogen (secondary N) is 1. The second kappa shape index (κ2) is 5.46. The summed E-state index contributed by atoms with van der Waals surface area (Å²) in [4.78, 5) is 0. The molecule has 1 aromatic rings. The number of aliphatic hydroxyl groups is 1. The summed E-state index contributed by atoms with van der Waals surface area (Å²) in [6, 6.07) is 0. The first-order valence-electron chi connectivity index (χ1n) is 5.85. The summed E-state index contributed by atoms with van der Waals surface area (Å²) >= 11 is 0. The van der Waals surface area contributed by atoms with Crippen molar-refractivity contribution < 1.29 is 5.11 Å². The fraction of sp³-hybridized carbons (Fsp3) is 0.750. The molecule has 0 aliphatic heterocycles. The normalized spacial score (nSPS) is 14.1. The molecular formula is C12H23N3O. The fourth-order valence-electron chi connectivity index (χ4n) is 1.45. The highest BCUT2D eigenvalue weighted by atomic mass is 16.3. The van der Waals surface area contributed by atoms with Crippen molar-refractivity contribution in [3.63, 3.8) is 0 Å². The molecule has 4 nitrogen and oxygen atoms in total. The molecule has 0 aliphatic carbocycles. The molecule has 2 N–H and O–H groups in total. The SMILES string of the molecule is CCn1cc(CC(O)CNC(C)(C)C)cn1. The van der Waals surface area contributed by atoms with Crippen LogP contribution in [0.3, 0.4) is 0 Å². The second-order valence-corrected chi connectivity index (χ2v) is 5.19. The van der Waals surface area contributed by atoms with Crippen molar-refractivity contribution in [1.29, 1.82) is 0 Å². The first-order valence-corrected chi connectivity index (χ1v) is 5.85. The van der Waals surface area contributed by atoms with Crippen molar-refractivity contribution in [3.05, 3.63) is 18.0 Å². The molecule has 0 saturated heterocycles. The van der Waals surface area contributed by atoms with Crippen molar-refractivity contribution in [2.75, 3.05) is 6.54 Å². The number of aromatic nitrogens is 2. The monoisotopic (exact) mass is 225 g/mol. The van der Waals surface area contributed by atoms with Crippen molar-refractivity contribution in [3.8, 4) is 0 Å². The third-order valence-corrected chi connectivity index (χ3v) is 2.35. The topological polar surface area (TPSA) is 50.1 Å². The zero-order valence-corrected chi connectivity index (χ0v) is 10.7. The van der Waals surface area contributed by atoms with Crippen LogP contribution < -0.4 is 5.32 Å². The number of β-amino-alcohol motifs (C(OH)–C–C–N with tert-alkyl or cyclic N) is 1. The summed E-state index contributed by atoms with van der Waals surface area (Å²) in [5.41, 5.74) is 1.14. The second-order valence-electron chi connectivity index (χ2n) is 5.19. The Morgan fingerprint density at radius 3 is 2.69 bits per heavy atom. The van der Waals surface area contributed by atoms with Crippen LogP contribution in [0.2, 0.25) is 0 Å². The molecule has 0 amide bonds. The molecule has 1 aromatic heterocycles. The van der Waals surface area contributed by atoms with Crippen LogP contribution in [0.25, 0.3) is 0 Å². The average Bonchev–Trinajstić information content (AvgIpc) is 2.61. The highest BCUT2D eigenvalue weighted by Gasteiger charge is 2.13. The molecule has 0 bridgehead atoms. The molecule has 0 saturated carbocycles. The van der Waals surface area contributed by atoms with Gasteiger partial charge in [0, 0.05) is 31.2 Å². The number of hydrogen-bond acceptors (Lipinski definition) is 3. The Labute approximate surface area is 97.7 Å². The maximum atomic E-state index is 9.85. The standard InChI is InChI=1S/C12H23N3O/c1-5-15-9-10(7-14-15)6-11(16)8-13-12(2,3)4/h7,9,11,13,16H,5-6,8H2,1-4H3. The summed E-state index contributed by atoms with van der Waals surface area (Å²) in [6.07, 6.45) is 4.11. The third kappa shape index (κ3) is 4.77. The fourth-order valence-corrected chi connectivity index (χ4v) is 1.45. The van der Waals surface area contributed by atoms with Gasteiger partial charge in [0.25, 0.3) is 0 Å². The van der Waals surface area contributed by atoms with E-state index in [1.54, 1.807) is 0 Å². The van der Waals surface area contributed by atoms with Gasteiger partial charge < -0.3 is 10.4 Å². The quantitative estimate of drug-likeness (QED) is 0.791. The van der Waals surface area contributed by atoms with Crippen LogP contribution in [0.5, 0.6) is 0 Å². The summed E-state index contributed by atoms with van der Waals surface area (Å²) < 4.78 is 1.87. The Bertz CT molecular complexity index is 314. The van der Waals surface area contributed by atoms with E-state index in [-0.39, 0.29) is 11.6 Å². The van der Waals surface area contributed by atoms with Gasteiger partial charge in [-0.2, -0.15) is 5.10 Å². The van der Waals surface area contributed by atoms with Crippen LogP contribution in [0.15, 0.2) is 12.4 Å². The molecule has 92 valence electrons. The van der Waals surface area contributed by atoms with E-state index in [2.05, 4.69) is 31.2 Å². The van der Waals surface area contributed by atoms with Gasteiger partial charge in [0.1, 0.15) is 0 Å². The highest BCUT2D eigenvalue weighted by molar-refractivity contribution is 5.05. The van der Waals surface area contributed by atoms with Crippen LogP contribution in [-0.2, 0) is 13.0 Å². The van der Waals surface area contributed by atoms with E-state index in [4.69, 9.17) is 0 Å². The molecule has 0 aliphatic rings. The Morgan fingerprint density at radius 1 is 1.50 bits per heavy atom. The minimum Gasteiger partial charge on any atom is -0.391 e. The molecule has 0 fully saturated rings. The van der Waals surface area contributed by atoms with Gasteiger partial charge in [0.15, 0.2) is 0 Å². The Hall–Kier alpha value is -0.870. The maximum absolute atomic E-state index is 9.85. The maximum Gasteiger partial charge on any atom is 0.0706 e. The van der Waals surface area contributed by atoms with Crippen molar-refractivity contribution >= 4 is 0 Å². The van der Waals surface area contributed by atoms with Gasteiger partial charge in [-0.25, -0.2) is 0 Å². The lowest BCUT2D eigenvalue weighted by Crippen LogP contribution is -2.41. The largest absolute Gasteiger partial charge is 0.391 e. The van der Waals surface area contributed by atoms with E-state index in [0.717, 1.165) is 12.1 Å². The van der Waals surface area contributed by atoms with Gasteiger partial charge in [-0.05, 0) is 33.3 Å². The lowest BCUT2D eigenvalue weighted by atomic mass is 10.1. The van der Waals surface area contributed by atoms with Gasteiger partial charge in [0.05, 0.1) is 12.3 Å². The Morgan fingerprint density at radius 2 is 2.19 bits per heavy atom. The van der Waals surface area contributed by atoms with Gasteiger partial charge in [-0.3, -0.25) is 4.68 Å². The van der Waals surface area contributed by atoms with E-state index >= 15 is 0 Å². The lowest BCUT2D eigenvalue weighted by molar-refractivity contribution is 0.161. The smallest absolute Gasteiger partial charge is 0.0706 e. The first-order chi connectivity index (χ1) is 7.40. The third-order valence-electron chi connectivity index (χ3n) is 2.35. The average molecular weight is 225 g/mol. The van der Waals surface area contributed by atoms with E-state index in [1.807, 2.05) is 24.0 Å². The molecule has 0 spiro atoms. The highest BCUT2D eigenvalue weighted by Crippen LogP contribution is 2.04. The van der Waals surface area contributed by atoms with Crippen LogP contribution >= 0.6 is 0 Å². The number of nitrogens with zero attached hydrogens (tertiary/aromatic N) is 2. The van der Waals surface area contributed by atoms with Crippen LogP contribution in [0, 0.1) is 0 Å². The van der Waals surface area contributed by atoms with Crippen molar-refractivity contribution in [1.82, 2.24) is 15.1 Å². The molecule has 16 heavy (non-hydrogen) atoms. The van der Waals surface area contributed by atoms with E-state index in [1.165, 1.54) is 0 Å². The summed E-state index contributed by atoms with van der Waals surface area (Å²) in [5.74, 6) is 0.